The molecule has 0 spiro atoms. The number of alkyl halides is 1. The van der Waals surface area contributed by atoms with Gasteiger partial charge in [0.1, 0.15) is 19.0 Å². The Morgan fingerprint density at radius 1 is 1.14 bits per heavy atom. The average Bonchev–Trinajstić information content (AvgIpc) is 2.46. The molecule has 0 aliphatic carbocycles. The Kier molecular flexibility index (Phi) is 4.43. The molecule has 1 aliphatic rings. The molecule has 0 amide bonds. The lowest BCUT2D eigenvalue weighted by atomic mass is 10.0. The molecule has 2 aromatic rings. The van der Waals surface area contributed by atoms with Crippen molar-refractivity contribution in [2.24, 2.45) is 0 Å². The second kappa shape index (κ2) is 6.15. The highest BCUT2D eigenvalue weighted by Gasteiger charge is 2.23. The van der Waals surface area contributed by atoms with Crippen LogP contribution in [0, 0.1) is 5.82 Å². The third kappa shape index (κ3) is 2.91. The number of halogens is 4. The minimum absolute atomic E-state index is 0.308. The summed E-state index contributed by atoms with van der Waals surface area (Å²) in [7, 11) is 0. The maximum Gasteiger partial charge on any atom is 0.162 e. The monoisotopic (exact) mass is 434 g/mol. The molecule has 0 fully saturated rings. The van der Waals surface area contributed by atoms with Crippen molar-refractivity contribution in [3.63, 3.8) is 0 Å². The third-order valence-electron chi connectivity index (χ3n) is 3.19. The van der Waals surface area contributed by atoms with Crippen molar-refractivity contribution < 1.29 is 13.9 Å². The molecule has 0 aromatic heterocycles. The summed E-state index contributed by atoms with van der Waals surface area (Å²) < 4.78 is 25.8. The van der Waals surface area contributed by atoms with Crippen molar-refractivity contribution in [3.05, 3.63) is 56.8 Å². The summed E-state index contributed by atoms with van der Waals surface area (Å²) in [5, 5.41) is 0.497. The van der Waals surface area contributed by atoms with Gasteiger partial charge < -0.3 is 9.47 Å². The predicted molar refractivity (Wildman–Crippen MR) is 87.3 cm³/mol. The quantitative estimate of drug-likeness (QED) is 0.579. The van der Waals surface area contributed by atoms with Gasteiger partial charge in [-0.3, -0.25) is 0 Å². The third-order valence-corrected chi connectivity index (χ3v) is 5.16. The summed E-state index contributed by atoms with van der Waals surface area (Å²) in [6.07, 6.45) is 0. The molecule has 0 saturated heterocycles. The summed E-state index contributed by atoms with van der Waals surface area (Å²) in [5.41, 5.74) is 1.22. The first kappa shape index (κ1) is 15.1. The van der Waals surface area contributed by atoms with E-state index in [1.807, 2.05) is 0 Å². The van der Waals surface area contributed by atoms with Crippen LogP contribution in [0.15, 0.2) is 34.8 Å². The summed E-state index contributed by atoms with van der Waals surface area (Å²) in [6.45, 7) is 0.990. The van der Waals surface area contributed by atoms with E-state index in [1.165, 1.54) is 6.07 Å². The molecular weight excluding hydrogens is 426 g/mol. The van der Waals surface area contributed by atoms with E-state index in [1.54, 1.807) is 24.3 Å². The predicted octanol–water partition coefficient (Wildman–Crippen LogP) is 5.50. The Hall–Kier alpha value is -0.780. The maximum absolute atomic E-state index is 14.1. The van der Waals surface area contributed by atoms with E-state index in [2.05, 4.69) is 31.9 Å². The molecule has 0 bridgehead atoms. The fourth-order valence-electron chi connectivity index (χ4n) is 2.18. The van der Waals surface area contributed by atoms with E-state index in [4.69, 9.17) is 21.1 Å². The molecule has 6 heteroatoms. The van der Waals surface area contributed by atoms with Gasteiger partial charge in [-0.15, -0.1) is 0 Å². The van der Waals surface area contributed by atoms with Crippen LogP contribution in [0.3, 0.4) is 0 Å². The van der Waals surface area contributed by atoms with Gasteiger partial charge in [-0.2, -0.15) is 0 Å². The number of rotatable bonds is 2. The minimum atomic E-state index is -0.392. The SMILES string of the molecule is Fc1cccc(Br)c1C(Br)c1cc2c(cc1Cl)OCCO2. The number of benzene rings is 2. The first-order chi connectivity index (χ1) is 10.1. The van der Waals surface area contributed by atoms with Crippen LogP contribution in [0.5, 0.6) is 11.5 Å². The van der Waals surface area contributed by atoms with Gasteiger partial charge in [0.2, 0.25) is 0 Å². The minimum Gasteiger partial charge on any atom is -0.486 e. The maximum atomic E-state index is 14.1. The van der Waals surface area contributed by atoms with Crippen molar-refractivity contribution in [2.75, 3.05) is 13.2 Å². The lowest BCUT2D eigenvalue weighted by Gasteiger charge is -2.22. The van der Waals surface area contributed by atoms with Crippen LogP contribution in [-0.4, -0.2) is 13.2 Å². The van der Waals surface area contributed by atoms with Gasteiger partial charge in [-0.1, -0.05) is 49.5 Å². The second-order valence-corrected chi connectivity index (χ2v) is 6.69. The molecule has 1 unspecified atom stereocenters. The fourth-order valence-corrected chi connectivity index (χ4v) is 4.30. The zero-order chi connectivity index (χ0) is 15.0. The molecule has 1 atom stereocenters. The molecule has 21 heavy (non-hydrogen) atoms. The molecule has 1 aliphatic heterocycles. The van der Waals surface area contributed by atoms with E-state index in [-0.39, 0.29) is 5.82 Å². The summed E-state index contributed by atoms with van der Waals surface area (Å²) >= 11 is 13.2. The Bertz CT molecular complexity index is 673. The number of fused-ring (bicyclic) bond motifs is 1. The van der Waals surface area contributed by atoms with Crippen molar-refractivity contribution in [1.82, 2.24) is 0 Å². The molecule has 2 nitrogen and oxygen atoms in total. The highest BCUT2D eigenvalue weighted by molar-refractivity contribution is 9.11. The van der Waals surface area contributed by atoms with Gasteiger partial charge in [-0.25, -0.2) is 4.39 Å². The molecule has 0 saturated carbocycles. The fraction of sp³-hybridized carbons (Fsp3) is 0.200. The Labute approximate surface area is 143 Å². The van der Waals surface area contributed by atoms with Gasteiger partial charge >= 0.3 is 0 Å². The van der Waals surface area contributed by atoms with Crippen molar-refractivity contribution in [3.8, 4) is 11.5 Å². The van der Waals surface area contributed by atoms with E-state index in [0.29, 0.717) is 39.8 Å². The van der Waals surface area contributed by atoms with Crippen LogP contribution in [0.2, 0.25) is 5.02 Å². The van der Waals surface area contributed by atoms with Gasteiger partial charge in [-0.05, 0) is 23.8 Å². The lowest BCUT2D eigenvalue weighted by Crippen LogP contribution is -2.15. The summed E-state index contributed by atoms with van der Waals surface area (Å²) in [4.78, 5) is -0.392. The van der Waals surface area contributed by atoms with E-state index < -0.39 is 4.83 Å². The lowest BCUT2D eigenvalue weighted by molar-refractivity contribution is 0.171. The van der Waals surface area contributed by atoms with Crippen LogP contribution in [-0.2, 0) is 0 Å². The smallest absolute Gasteiger partial charge is 0.162 e. The Morgan fingerprint density at radius 2 is 1.81 bits per heavy atom. The number of hydrogen-bond donors (Lipinski definition) is 0. The zero-order valence-electron chi connectivity index (χ0n) is 10.7. The molecule has 3 rings (SSSR count). The van der Waals surface area contributed by atoms with Crippen LogP contribution in [0.25, 0.3) is 0 Å². The average molecular weight is 437 g/mol. The van der Waals surface area contributed by atoms with Gasteiger partial charge in [0.25, 0.3) is 0 Å². The topological polar surface area (TPSA) is 18.5 Å². The number of ether oxygens (including phenoxy) is 2. The van der Waals surface area contributed by atoms with Crippen LogP contribution >= 0.6 is 43.5 Å². The first-order valence-electron chi connectivity index (χ1n) is 6.25. The molecule has 0 radical (unpaired) electrons. The van der Waals surface area contributed by atoms with Crippen LogP contribution in [0.1, 0.15) is 16.0 Å². The van der Waals surface area contributed by atoms with E-state index in [0.717, 1.165) is 5.56 Å². The van der Waals surface area contributed by atoms with Crippen LogP contribution < -0.4 is 9.47 Å². The largest absolute Gasteiger partial charge is 0.486 e. The molecule has 1 heterocycles. The van der Waals surface area contributed by atoms with Crippen molar-refractivity contribution in [2.45, 2.75) is 4.83 Å². The highest BCUT2D eigenvalue weighted by Crippen LogP contribution is 2.44. The van der Waals surface area contributed by atoms with Gasteiger partial charge in [0.05, 0.1) is 4.83 Å². The zero-order valence-corrected chi connectivity index (χ0v) is 14.6. The van der Waals surface area contributed by atoms with Crippen molar-refractivity contribution >= 4 is 43.5 Å². The molecule has 110 valence electrons. The van der Waals surface area contributed by atoms with Crippen LogP contribution in [0.4, 0.5) is 4.39 Å². The highest BCUT2D eigenvalue weighted by atomic mass is 79.9. The first-order valence-corrected chi connectivity index (χ1v) is 8.33. The van der Waals surface area contributed by atoms with Gasteiger partial charge in [0, 0.05) is 21.1 Å². The number of hydrogen-bond acceptors (Lipinski definition) is 2. The molecule has 0 N–H and O–H groups in total. The van der Waals surface area contributed by atoms with Gasteiger partial charge in [0.15, 0.2) is 11.5 Å². The molecule has 2 aromatic carbocycles. The summed E-state index contributed by atoms with van der Waals surface area (Å²) in [6, 6.07) is 8.34. The van der Waals surface area contributed by atoms with E-state index in [9.17, 15) is 4.39 Å². The van der Waals surface area contributed by atoms with E-state index >= 15 is 0 Å². The summed E-state index contributed by atoms with van der Waals surface area (Å²) in [5.74, 6) is 0.928. The second-order valence-electron chi connectivity index (χ2n) is 4.52. The Morgan fingerprint density at radius 3 is 2.48 bits per heavy atom. The standard InChI is InChI=1S/C15H10Br2ClFO2/c16-9-2-1-3-11(19)14(9)15(17)8-6-12-13(7-10(8)18)21-5-4-20-12/h1-3,6-7,15H,4-5H2. The van der Waals surface area contributed by atoms with Crippen molar-refractivity contribution in [1.29, 1.82) is 0 Å². The molecular formula is C15H10Br2ClFO2. The Balaban J connectivity index is 2.07. The normalized spacial score (nSPS) is 14.9.